The molecule has 0 saturated carbocycles. The van der Waals surface area contributed by atoms with Crippen LogP contribution in [0.15, 0.2) is 60.8 Å². The average molecular weight is 355 g/mol. The maximum atomic E-state index is 4.97. The Hall–Kier alpha value is -2.94. The van der Waals surface area contributed by atoms with Crippen molar-refractivity contribution in [3.8, 4) is 11.3 Å². The van der Waals surface area contributed by atoms with Gasteiger partial charge in [-0.25, -0.2) is 4.98 Å². The zero-order valence-electron chi connectivity index (χ0n) is 16.6. The predicted molar refractivity (Wildman–Crippen MR) is 116 cm³/mol. The molecule has 0 radical (unpaired) electrons. The Balaban J connectivity index is 1.91. The first-order chi connectivity index (χ1) is 12.8. The summed E-state index contributed by atoms with van der Waals surface area (Å²) in [6.07, 6.45) is 1.84. The molecular formula is C24H25N3. The highest BCUT2D eigenvalue weighted by Crippen LogP contribution is 2.36. The molecule has 0 saturated heterocycles. The molecule has 0 N–H and O–H groups in total. The lowest BCUT2D eigenvalue weighted by Crippen LogP contribution is -2.11. The fourth-order valence-corrected chi connectivity index (χ4v) is 3.57. The zero-order valence-corrected chi connectivity index (χ0v) is 16.6. The minimum atomic E-state index is 0.135. The predicted octanol–water partition coefficient (Wildman–Crippen LogP) is 5.81. The van der Waals surface area contributed by atoms with Crippen LogP contribution < -0.4 is 4.90 Å². The molecule has 4 aromatic rings. The number of pyridine rings is 2. The van der Waals surface area contributed by atoms with Crippen LogP contribution in [0, 0.1) is 0 Å². The highest BCUT2D eigenvalue weighted by atomic mass is 15.1. The van der Waals surface area contributed by atoms with Gasteiger partial charge in [-0.05, 0) is 53.4 Å². The van der Waals surface area contributed by atoms with Crippen LogP contribution in [0.25, 0.3) is 33.1 Å². The molecule has 2 heterocycles. The van der Waals surface area contributed by atoms with Gasteiger partial charge in [0.05, 0.1) is 22.4 Å². The van der Waals surface area contributed by atoms with Crippen molar-refractivity contribution < 1.29 is 0 Å². The van der Waals surface area contributed by atoms with Crippen molar-refractivity contribution in [2.45, 2.75) is 26.2 Å². The van der Waals surface area contributed by atoms with Gasteiger partial charge in [0.25, 0.3) is 0 Å². The molecule has 0 atom stereocenters. The van der Waals surface area contributed by atoms with E-state index in [0.717, 1.165) is 33.4 Å². The third-order valence-electron chi connectivity index (χ3n) is 5.04. The van der Waals surface area contributed by atoms with E-state index in [4.69, 9.17) is 4.98 Å². The molecule has 0 fully saturated rings. The van der Waals surface area contributed by atoms with Gasteiger partial charge in [0, 0.05) is 36.6 Å². The molecule has 4 rings (SSSR count). The highest BCUT2D eigenvalue weighted by molar-refractivity contribution is 6.00. The summed E-state index contributed by atoms with van der Waals surface area (Å²) in [4.78, 5) is 11.6. The van der Waals surface area contributed by atoms with Crippen LogP contribution in [0.4, 0.5) is 5.69 Å². The van der Waals surface area contributed by atoms with Crippen molar-refractivity contribution in [3.63, 3.8) is 0 Å². The first-order valence-corrected chi connectivity index (χ1v) is 9.31. The molecule has 0 spiro atoms. The third kappa shape index (κ3) is 3.14. The van der Waals surface area contributed by atoms with E-state index in [9.17, 15) is 0 Å². The van der Waals surface area contributed by atoms with Crippen molar-refractivity contribution in [1.29, 1.82) is 0 Å². The fourth-order valence-electron chi connectivity index (χ4n) is 3.57. The van der Waals surface area contributed by atoms with Crippen molar-refractivity contribution in [1.82, 2.24) is 9.97 Å². The summed E-state index contributed by atoms with van der Waals surface area (Å²) >= 11 is 0. The number of anilines is 1. The van der Waals surface area contributed by atoms with Gasteiger partial charge >= 0.3 is 0 Å². The summed E-state index contributed by atoms with van der Waals surface area (Å²) in [6, 6.07) is 19.2. The van der Waals surface area contributed by atoms with E-state index in [-0.39, 0.29) is 5.41 Å². The van der Waals surface area contributed by atoms with Gasteiger partial charge < -0.3 is 4.90 Å². The van der Waals surface area contributed by atoms with Crippen molar-refractivity contribution in [2.24, 2.45) is 0 Å². The van der Waals surface area contributed by atoms with E-state index in [1.807, 2.05) is 12.3 Å². The summed E-state index contributed by atoms with van der Waals surface area (Å²) in [6.45, 7) is 6.72. The van der Waals surface area contributed by atoms with Gasteiger partial charge in [-0.3, -0.25) is 4.98 Å². The summed E-state index contributed by atoms with van der Waals surface area (Å²) in [5, 5.41) is 2.32. The molecule has 0 amide bonds. The number of hydrogen-bond donors (Lipinski definition) is 0. The summed E-state index contributed by atoms with van der Waals surface area (Å²) < 4.78 is 0. The van der Waals surface area contributed by atoms with Gasteiger partial charge in [-0.15, -0.1) is 0 Å². The summed E-state index contributed by atoms with van der Waals surface area (Å²) in [5.41, 5.74) is 6.75. The van der Waals surface area contributed by atoms with E-state index in [1.54, 1.807) is 0 Å². The van der Waals surface area contributed by atoms with Crippen molar-refractivity contribution in [2.75, 3.05) is 19.0 Å². The lowest BCUT2D eigenvalue weighted by atomic mass is 9.86. The Morgan fingerprint density at radius 2 is 1.63 bits per heavy atom. The minimum Gasteiger partial charge on any atom is -0.377 e. The number of rotatable bonds is 2. The van der Waals surface area contributed by atoms with Crippen molar-refractivity contribution >= 4 is 27.5 Å². The normalized spacial score (nSPS) is 11.9. The Labute approximate surface area is 160 Å². The molecule has 2 aromatic carbocycles. The number of fused-ring (bicyclic) bond motifs is 2. The molecule has 0 bridgehead atoms. The molecule has 2 aromatic heterocycles. The van der Waals surface area contributed by atoms with Crippen LogP contribution in [-0.2, 0) is 5.41 Å². The molecule has 0 unspecified atom stereocenters. The molecular weight excluding hydrogens is 330 g/mol. The minimum absolute atomic E-state index is 0.135. The quantitative estimate of drug-likeness (QED) is 0.454. The van der Waals surface area contributed by atoms with E-state index in [1.165, 1.54) is 10.9 Å². The van der Waals surface area contributed by atoms with E-state index >= 15 is 0 Å². The Morgan fingerprint density at radius 1 is 0.852 bits per heavy atom. The van der Waals surface area contributed by atoms with Crippen LogP contribution >= 0.6 is 0 Å². The monoisotopic (exact) mass is 355 g/mol. The molecule has 136 valence electrons. The third-order valence-corrected chi connectivity index (χ3v) is 5.04. The van der Waals surface area contributed by atoms with Crippen LogP contribution in [0.3, 0.4) is 0 Å². The van der Waals surface area contributed by atoms with Gasteiger partial charge in [-0.2, -0.15) is 0 Å². The SMILES string of the molecule is CN(C)c1c(-c2ccc3cc(C(C)(C)C)ccc3n2)ccc2ncccc12. The zero-order chi connectivity index (χ0) is 19.2. The van der Waals surface area contributed by atoms with Crippen LogP contribution in [0.2, 0.25) is 0 Å². The molecule has 27 heavy (non-hydrogen) atoms. The van der Waals surface area contributed by atoms with Gasteiger partial charge in [0.15, 0.2) is 0 Å². The maximum absolute atomic E-state index is 4.97. The van der Waals surface area contributed by atoms with Crippen LogP contribution in [-0.4, -0.2) is 24.1 Å². The number of aromatic nitrogens is 2. The topological polar surface area (TPSA) is 29.0 Å². The van der Waals surface area contributed by atoms with Crippen molar-refractivity contribution in [3.05, 3.63) is 66.4 Å². The van der Waals surface area contributed by atoms with Crippen LogP contribution in [0.5, 0.6) is 0 Å². The number of benzene rings is 2. The average Bonchev–Trinajstić information content (AvgIpc) is 2.65. The lowest BCUT2D eigenvalue weighted by molar-refractivity contribution is 0.591. The van der Waals surface area contributed by atoms with Gasteiger partial charge in [-0.1, -0.05) is 32.9 Å². The second kappa shape index (κ2) is 6.34. The molecule has 0 aliphatic rings. The molecule has 0 aliphatic heterocycles. The number of nitrogens with zero attached hydrogens (tertiary/aromatic N) is 3. The Kier molecular flexibility index (Phi) is 4.11. The number of hydrogen-bond acceptors (Lipinski definition) is 3. The maximum Gasteiger partial charge on any atom is 0.0730 e. The summed E-state index contributed by atoms with van der Waals surface area (Å²) in [5.74, 6) is 0. The fraction of sp³-hybridized carbons (Fsp3) is 0.250. The molecule has 3 nitrogen and oxygen atoms in total. The van der Waals surface area contributed by atoms with E-state index in [0.29, 0.717) is 0 Å². The lowest BCUT2D eigenvalue weighted by Gasteiger charge is -2.21. The van der Waals surface area contributed by atoms with Crippen LogP contribution in [0.1, 0.15) is 26.3 Å². The largest absolute Gasteiger partial charge is 0.377 e. The first-order valence-electron chi connectivity index (χ1n) is 9.31. The molecule has 0 aliphatic carbocycles. The van der Waals surface area contributed by atoms with E-state index < -0.39 is 0 Å². The molecule has 3 heteroatoms. The second-order valence-corrected chi connectivity index (χ2v) is 8.28. The Morgan fingerprint density at radius 3 is 2.37 bits per heavy atom. The highest BCUT2D eigenvalue weighted by Gasteiger charge is 2.16. The second-order valence-electron chi connectivity index (χ2n) is 8.28. The smallest absolute Gasteiger partial charge is 0.0730 e. The van der Waals surface area contributed by atoms with Gasteiger partial charge in [0.2, 0.25) is 0 Å². The van der Waals surface area contributed by atoms with E-state index in [2.05, 4.69) is 93.3 Å². The van der Waals surface area contributed by atoms with Gasteiger partial charge in [0.1, 0.15) is 0 Å². The summed E-state index contributed by atoms with van der Waals surface area (Å²) in [7, 11) is 4.14. The Bertz CT molecular complexity index is 1140. The first kappa shape index (κ1) is 17.5. The standard InChI is InChI=1S/C24H25N3/c1-24(2,3)17-9-12-20-16(15-17)8-11-22(26-20)19-10-13-21-18(7-6-14-25-21)23(19)27(4)5/h6-15H,1-5H3.